The minimum atomic E-state index is -0.233. The van der Waals surface area contributed by atoms with Gasteiger partial charge >= 0.3 is 0 Å². The molecule has 3 rings (SSSR count). The van der Waals surface area contributed by atoms with Crippen LogP contribution in [-0.4, -0.2) is 14.8 Å². The molecule has 0 spiro atoms. The normalized spacial score (nSPS) is 12.2. The van der Waals surface area contributed by atoms with Crippen molar-refractivity contribution in [1.82, 2.24) is 14.8 Å². The molecule has 1 heterocycles. The molecule has 0 amide bonds. The van der Waals surface area contributed by atoms with Crippen LogP contribution < -0.4 is 4.74 Å². The van der Waals surface area contributed by atoms with Crippen LogP contribution in [-0.2, 0) is 12.8 Å². The molecule has 2 aromatic carbocycles. The van der Waals surface area contributed by atoms with Crippen LogP contribution >= 0.6 is 11.8 Å². The molecule has 6 heteroatoms. The van der Waals surface area contributed by atoms with E-state index in [0.29, 0.717) is 11.3 Å². The van der Waals surface area contributed by atoms with Crippen molar-refractivity contribution in [3.05, 3.63) is 71.3 Å². The first kappa shape index (κ1) is 17.5. The second kappa shape index (κ2) is 7.70. The predicted octanol–water partition coefficient (Wildman–Crippen LogP) is 4.69. The molecule has 0 aliphatic rings. The van der Waals surface area contributed by atoms with E-state index in [1.807, 2.05) is 55.8 Å². The number of thioether (sulfide) groups is 1. The molecular weight excluding hydrogens is 337 g/mol. The lowest BCUT2D eigenvalue weighted by molar-refractivity contribution is 0.211. The standard InChI is InChI=1S/C19H20FN3OS/c1-13-8-10-16(11-9-13)24-14(2)18-21-22-19(23(18)3)25-12-15-6-4-5-7-17(15)20/h4-11,14H,12H2,1-3H3. The molecule has 0 aliphatic carbocycles. The molecule has 0 fully saturated rings. The number of hydrogen-bond donors (Lipinski definition) is 0. The van der Waals surface area contributed by atoms with Crippen LogP contribution in [0.3, 0.4) is 0 Å². The Labute approximate surface area is 151 Å². The van der Waals surface area contributed by atoms with E-state index in [4.69, 9.17) is 4.74 Å². The van der Waals surface area contributed by atoms with Gasteiger partial charge in [0.05, 0.1) is 0 Å². The van der Waals surface area contributed by atoms with E-state index in [-0.39, 0.29) is 11.9 Å². The van der Waals surface area contributed by atoms with Crippen molar-refractivity contribution in [3.8, 4) is 5.75 Å². The average molecular weight is 357 g/mol. The van der Waals surface area contributed by atoms with Crippen LogP contribution in [0.1, 0.15) is 30.0 Å². The highest BCUT2D eigenvalue weighted by atomic mass is 32.2. The lowest BCUT2D eigenvalue weighted by atomic mass is 10.2. The third kappa shape index (κ3) is 4.20. The zero-order chi connectivity index (χ0) is 17.8. The van der Waals surface area contributed by atoms with E-state index in [1.54, 1.807) is 12.1 Å². The lowest BCUT2D eigenvalue weighted by Crippen LogP contribution is -2.10. The molecule has 0 saturated heterocycles. The SMILES string of the molecule is Cc1ccc(OC(C)c2nnc(SCc3ccccc3F)n2C)cc1. The van der Waals surface area contributed by atoms with Crippen molar-refractivity contribution in [2.45, 2.75) is 30.9 Å². The Morgan fingerprint density at radius 1 is 1.12 bits per heavy atom. The van der Waals surface area contributed by atoms with Crippen molar-refractivity contribution in [3.63, 3.8) is 0 Å². The Bertz CT molecular complexity index is 848. The van der Waals surface area contributed by atoms with E-state index in [9.17, 15) is 4.39 Å². The fourth-order valence-corrected chi connectivity index (χ4v) is 3.34. The third-order valence-corrected chi connectivity index (χ3v) is 4.95. The molecule has 3 aromatic rings. The third-order valence-electron chi connectivity index (χ3n) is 3.88. The number of aromatic nitrogens is 3. The number of rotatable bonds is 6. The topological polar surface area (TPSA) is 39.9 Å². The molecule has 0 bridgehead atoms. The largest absolute Gasteiger partial charge is 0.483 e. The summed E-state index contributed by atoms with van der Waals surface area (Å²) in [5, 5.41) is 9.18. The van der Waals surface area contributed by atoms with Crippen LogP contribution in [0.25, 0.3) is 0 Å². The smallest absolute Gasteiger partial charge is 0.191 e. The Hall–Kier alpha value is -2.34. The maximum Gasteiger partial charge on any atom is 0.191 e. The monoisotopic (exact) mass is 357 g/mol. The van der Waals surface area contributed by atoms with Crippen LogP contribution in [0.5, 0.6) is 5.75 Å². The van der Waals surface area contributed by atoms with Crippen molar-refractivity contribution in [2.24, 2.45) is 7.05 Å². The van der Waals surface area contributed by atoms with Gasteiger partial charge in [-0.25, -0.2) is 4.39 Å². The van der Waals surface area contributed by atoms with Crippen LogP contribution in [0.4, 0.5) is 4.39 Å². The Morgan fingerprint density at radius 3 is 2.56 bits per heavy atom. The summed E-state index contributed by atoms with van der Waals surface area (Å²) in [4.78, 5) is 0. The zero-order valence-electron chi connectivity index (χ0n) is 14.4. The van der Waals surface area contributed by atoms with Crippen LogP contribution in [0, 0.1) is 12.7 Å². The maximum atomic E-state index is 13.7. The zero-order valence-corrected chi connectivity index (χ0v) is 15.3. The minimum absolute atomic E-state index is 0.200. The van der Waals surface area contributed by atoms with Crippen molar-refractivity contribution in [2.75, 3.05) is 0 Å². The molecule has 130 valence electrons. The average Bonchev–Trinajstić information content (AvgIpc) is 2.97. The number of benzene rings is 2. The van der Waals surface area contributed by atoms with Gasteiger partial charge in [0, 0.05) is 12.8 Å². The van der Waals surface area contributed by atoms with Gasteiger partial charge in [-0.3, -0.25) is 0 Å². The lowest BCUT2D eigenvalue weighted by Gasteiger charge is -2.14. The van der Waals surface area contributed by atoms with E-state index in [1.165, 1.54) is 23.4 Å². The van der Waals surface area contributed by atoms with Gasteiger partial charge in [0.2, 0.25) is 0 Å². The summed E-state index contributed by atoms with van der Waals surface area (Å²) >= 11 is 1.45. The molecule has 1 atom stereocenters. The van der Waals surface area contributed by atoms with Gasteiger partial charge in [0.25, 0.3) is 0 Å². The quantitative estimate of drug-likeness (QED) is 0.600. The van der Waals surface area contributed by atoms with Gasteiger partial charge in [-0.05, 0) is 37.6 Å². The van der Waals surface area contributed by atoms with Crippen molar-refractivity contribution < 1.29 is 9.13 Å². The summed E-state index contributed by atoms with van der Waals surface area (Å²) in [5.41, 5.74) is 1.84. The van der Waals surface area contributed by atoms with E-state index < -0.39 is 0 Å². The summed E-state index contributed by atoms with van der Waals surface area (Å²) < 4.78 is 21.6. The highest BCUT2D eigenvalue weighted by Crippen LogP contribution is 2.26. The van der Waals surface area contributed by atoms with Gasteiger partial charge in [0.1, 0.15) is 11.6 Å². The highest BCUT2D eigenvalue weighted by molar-refractivity contribution is 7.98. The van der Waals surface area contributed by atoms with Gasteiger partial charge in [-0.15, -0.1) is 10.2 Å². The van der Waals surface area contributed by atoms with E-state index >= 15 is 0 Å². The predicted molar refractivity (Wildman–Crippen MR) is 97.2 cm³/mol. The number of nitrogens with zero attached hydrogens (tertiary/aromatic N) is 3. The highest BCUT2D eigenvalue weighted by Gasteiger charge is 2.17. The Morgan fingerprint density at radius 2 is 1.84 bits per heavy atom. The molecule has 1 unspecified atom stereocenters. The van der Waals surface area contributed by atoms with Gasteiger partial charge < -0.3 is 9.30 Å². The van der Waals surface area contributed by atoms with E-state index in [0.717, 1.165) is 16.7 Å². The number of aryl methyl sites for hydroxylation is 1. The molecule has 0 aliphatic heterocycles. The first-order valence-electron chi connectivity index (χ1n) is 8.03. The van der Waals surface area contributed by atoms with E-state index in [2.05, 4.69) is 10.2 Å². The second-order valence-corrected chi connectivity index (χ2v) is 6.80. The first-order chi connectivity index (χ1) is 12.0. The summed E-state index contributed by atoms with van der Waals surface area (Å²) in [7, 11) is 1.90. The Balaban J connectivity index is 1.67. The van der Waals surface area contributed by atoms with Crippen molar-refractivity contribution >= 4 is 11.8 Å². The molecule has 0 N–H and O–H groups in total. The molecular formula is C19H20FN3OS. The molecule has 4 nitrogen and oxygen atoms in total. The summed E-state index contributed by atoms with van der Waals surface area (Å²) in [6, 6.07) is 14.7. The summed E-state index contributed by atoms with van der Waals surface area (Å²) in [5.74, 6) is 1.83. The fourth-order valence-electron chi connectivity index (χ4n) is 2.44. The molecule has 1 aromatic heterocycles. The summed E-state index contributed by atoms with van der Waals surface area (Å²) in [6.45, 7) is 3.98. The Kier molecular flexibility index (Phi) is 5.38. The molecule has 25 heavy (non-hydrogen) atoms. The molecule has 0 saturated carbocycles. The van der Waals surface area contributed by atoms with Crippen LogP contribution in [0.15, 0.2) is 53.7 Å². The van der Waals surface area contributed by atoms with Gasteiger partial charge in [-0.1, -0.05) is 47.7 Å². The molecule has 0 radical (unpaired) electrons. The van der Waals surface area contributed by atoms with Crippen LogP contribution in [0.2, 0.25) is 0 Å². The van der Waals surface area contributed by atoms with Gasteiger partial charge in [0.15, 0.2) is 17.1 Å². The second-order valence-electron chi connectivity index (χ2n) is 5.85. The minimum Gasteiger partial charge on any atom is -0.483 e. The van der Waals surface area contributed by atoms with Crippen molar-refractivity contribution in [1.29, 1.82) is 0 Å². The first-order valence-corrected chi connectivity index (χ1v) is 9.02. The number of ether oxygens (including phenoxy) is 1. The van der Waals surface area contributed by atoms with Gasteiger partial charge in [-0.2, -0.15) is 0 Å². The summed E-state index contributed by atoms with van der Waals surface area (Å²) in [6.07, 6.45) is -0.233. The fraction of sp³-hybridized carbons (Fsp3) is 0.263. The maximum absolute atomic E-state index is 13.7. The number of halogens is 1. The number of hydrogen-bond acceptors (Lipinski definition) is 4.